The van der Waals surface area contributed by atoms with Crippen LogP contribution in [0.2, 0.25) is 5.02 Å². The number of nitrogens with zero attached hydrogens (tertiary/aromatic N) is 1. The molecule has 0 aliphatic heterocycles. The standard InChI is InChI=1S/C15H17ClFNO3/c1-18(15(14(20)21)7-3-2-4-8-15)13(19)10-5-6-12(17)11(16)9-10/h5-6,9H,2-4,7-8H2,1H3,(H,20,21). The highest BCUT2D eigenvalue weighted by molar-refractivity contribution is 6.31. The minimum atomic E-state index is -1.18. The molecule has 0 aromatic heterocycles. The second-order valence-corrected chi connectivity index (χ2v) is 5.80. The molecule has 1 fully saturated rings. The fourth-order valence-electron chi connectivity index (χ4n) is 2.85. The first-order valence-corrected chi connectivity index (χ1v) is 7.23. The number of carbonyl (C=O) groups is 2. The minimum absolute atomic E-state index is 0.151. The van der Waals surface area contributed by atoms with Crippen molar-refractivity contribution >= 4 is 23.5 Å². The van der Waals surface area contributed by atoms with Crippen LogP contribution in [0, 0.1) is 5.82 Å². The Balaban J connectivity index is 2.31. The van der Waals surface area contributed by atoms with Gasteiger partial charge in [-0.1, -0.05) is 30.9 Å². The molecular weight excluding hydrogens is 297 g/mol. The maximum absolute atomic E-state index is 13.2. The van der Waals surface area contributed by atoms with Gasteiger partial charge in [0, 0.05) is 12.6 Å². The Labute approximate surface area is 127 Å². The van der Waals surface area contributed by atoms with E-state index in [1.807, 2.05) is 0 Å². The third kappa shape index (κ3) is 2.88. The van der Waals surface area contributed by atoms with E-state index in [4.69, 9.17) is 11.6 Å². The maximum atomic E-state index is 13.2. The molecule has 1 aliphatic rings. The van der Waals surface area contributed by atoms with E-state index < -0.39 is 23.2 Å². The average Bonchev–Trinajstić information content (AvgIpc) is 2.49. The predicted octanol–water partition coefficient (Wildman–Crippen LogP) is 3.34. The van der Waals surface area contributed by atoms with E-state index in [-0.39, 0.29) is 10.6 Å². The summed E-state index contributed by atoms with van der Waals surface area (Å²) in [4.78, 5) is 25.5. The minimum Gasteiger partial charge on any atom is -0.479 e. The van der Waals surface area contributed by atoms with Crippen molar-refractivity contribution in [3.63, 3.8) is 0 Å². The summed E-state index contributed by atoms with van der Waals surface area (Å²) >= 11 is 5.68. The first-order chi connectivity index (χ1) is 9.88. The number of benzene rings is 1. The van der Waals surface area contributed by atoms with Gasteiger partial charge in [-0.05, 0) is 31.0 Å². The number of hydrogen-bond donors (Lipinski definition) is 1. The quantitative estimate of drug-likeness (QED) is 0.931. The van der Waals surface area contributed by atoms with Crippen molar-refractivity contribution < 1.29 is 19.1 Å². The molecule has 1 aromatic rings. The fraction of sp³-hybridized carbons (Fsp3) is 0.467. The zero-order valence-electron chi connectivity index (χ0n) is 11.7. The number of carbonyl (C=O) groups excluding carboxylic acids is 1. The van der Waals surface area contributed by atoms with E-state index >= 15 is 0 Å². The van der Waals surface area contributed by atoms with Crippen LogP contribution >= 0.6 is 11.6 Å². The van der Waals surface area contributed by atoms with Crippen LogP contribution in [-0.2, 0) is 4.79 Å². The van der Waals surface area contributed by atoms with Crippen molar-refractivity contribution in [2.45, 2.75) is 37.6 Å². The highest BCUT2D eigenvalue weighted by Crippen LogP contribution is 2.34. The zero-order valence-corrected chi connectivity index (χ0v) is 12.5. The molecule has 1 aliphatic carbocycles. The Hall–Kier alpha value is -1.62. The van der Waals surface area contributed by atoms with Gasteiger partial charge in [0.25, 0.3) is 5.91 Å². The van der Waals surface area contributed by atoms with Crippen molar-refractivity contribution in [2.75, 3.05) is 7.05 Å². The summed E-state index contributed by atoms with van der Waals surface area (Å²) in [6.07, 6.45) is 3.38. The van der Waals surface area contributed by atoms with E-state index in [0.29, 0.717) is 12.8 Å². The summed E-state index contributed by atoms with van der Waals surface area (Å²) in [5, 5.41) is 9.42. The van der Waals surface area contributed by atoms with Gasteiger partial charge in [-0.15, -0.1) is 0 Å². The van der Waals surface area contributed by atoms with Gasteiger partial charge in [0.1, 0.15) is 11.4 Å². The molecule has 1 saturated carbocycles. The number of amides is 1. The summed E-state index contributed by atoms with van der Waals surface area (Å²) < 4.78 is 13.2. The zero-order chi connectivity index (χ0) is 15.6. The number of rotatable bonds is 3. The molecule has 0 atom stereocenters. The van der Waals surface area contributed by atoms with Gasteiger partial charge in [0.15, 0.2) is 0 Å². The lowest BCUT2D eigenvalue weighted by Crippen LogP contribution is -2.56. The number of halogens is 2. The summed E-state index contributed by atoms with van der Waals surface area (Å²) in [5.41, 5.74) is -0.994. The Morgan fingerprint density at radius 1 is 1.29 bits per heavy atom. The Bertz CT molecular complexity index is 570. The summed E-state index contributed by atoms with van der Waals surface area (Å²) in [5.74, 6) is -2.06. The molecule has 21 heavy (non-hydrogen) atoms. The molecule has 0 radical (unpaired) electrons. The van der Waals surface area contributed by atoms with Crippen molar-refractivity contribution in [3.05, 3.63) is 34.6 Å². The van der Waals surface area contributed by atoms with Crippen LogP contribution in [0.3, 0.4) is 0 Å². The average molecular weight is 314 g/mol. The smallest absolute Gasteiger partial charge is 0.329 e. The fourth-order valence-corrected chi connectivity index (χ4v) is 3.03. The largest absolute Gasteiger partial charge is 0.479 e. The Morgan fingerprint density at radius 3 is 2.43 bits per heavy atom. The molecular formula is C15H17ClFNO3. The van der Waals surface area contributed by atoms with Crippen molar-refractivity contribution in [2.24, 2.45) is 0 Å². The van der Waals surface area contributed by atoms with Crippen LogP contribution in [0.5, 0.6) is 0 Å². The van der Waals surface area contributed by atoms with E-state index in [1.165, 1.54) is 24.1 Å². The second-order valence-electron chi connectivity index (χ2n) is 5.39. The van der Waals surface area contributed by atoms with E-state index in [9.17, 15) is 19.1 Å². The number of aliphatic carboxylic acids is 1. The van der Waals surface area contributed by atoms with Crippen molar-refractivity contribution in [3.8, 4) is 0 Å². The van der Waals surface area contributed by atoms with Crippen LogP contribution in [0.4, 0.5) is 4.39 Å². The monoisotopic (exact) mass is 313 g/mol. The van der Waals surface area contributed by atoms with Crippen molar-refractivity contribution in [1.29, 1.82) is 0 Å². The topological polar surface area (TPSA) is 57.6 Å². The molecule has 1 N–H and O–H groups in total. The predicted molar refractivity (Wildman–Crippen MR) is 77.0 cm³/mol. The van der Waals surface area contributed by atoms with Crippen LogP contribution in [0.1, 0.15) is 42.5 Å². The molecule has 0 unspecified atom stereocenters. The third-order valence-electron chi connectivity index (χ3n) is 4.19. The maximum Gasteiger partial charge on any atom is 0.329 e. The lowest BCUT2D eigenvalue weighted by atomic mass is 9.80. The Morgan fingerprint density at radius 2 is 1.90 bits per heavy atom. The lowest BCUT2D eigenvalue weighted by molar-refractivity contribution is -0.151. The normalized spacial score (nSPS) is 17.3. The number of carboxylic acid groups (broad SMARTS) is 1. The van der Waals surface area contributed by atoms with Gasteiger partial charge in [-0.3, -0.25) is 4.79 Å². The lowest BCUT2D eigenvalue weighted by Gasteiger charge is -2.41. The van der Waals surface area contributed by atoms with Gasteiger partial charge < -0.3 is 10.0 Å². The number of carboxylic acids is 1. The van der Waals surface area contributed by atoms with E-state index in [2.05, 4.69) is 0 Å². The molecule has 0 heterocycles. The van der Waals surface area contributed by atoms with Crippen LogP contribution in [0.15, 0.2) is 18.2 Å². The first-order valence-electron chi connectivity index (χ1n) is 6.85. The molecule has 4 nitrogen and oxygen atoms in total. The molecule has 0 bridgehead atoms. The van der Waals surface area contributed by atoms with Gasteiger partial charge >= 0.3 is 5.97 Å². The SMILES string of the molecule is CN(C(=O)c1ccc(F)c(Cl)c1)C1(C(=O)O)CCCCC1. The molecule has 6 heteroatoms. The van der Waals surface area contributed by atoms with Crippen LogP contribution in [0.25, 0.3) is 0 Å². The van der Waals surface area contributed by atoms with Crippen LogP contribution in [-0.4, -0.2) is 34.5 Å². The van der Waals surface area contributed by atoms with Gasteiger partial charge in [0.05, 0.1) is 5.02 Å². The highest BCUT2D eigenvalue weighted by atomic mass is 35.5. The first kappa shape index (κ1) is 15.8. The third-order valence-corrected chi connectivity index (χ3v) is 4.48. The van der Waals surface area contributed by atoms with E-state index in [0.717, 1.165) is 25.3 Å². The molecule has 114 valence electrons. The van der Waals surface area contributed by atoms with Gasteiger partial charge in [-0.25, -0.2) is 9.18 Å². The summed E-state index contributed by atoms with van der Waals surface area (Å²) in [7, 11) is 1.49. The second kappa shape index (κ2) is 6.02. The molecule has 1 amide bonds. The molecule has 0 spiro atoms. The van der Waals surface area contributed by atoms with E-state index in [1.54, 1.807) is 0 Å². The summed E-state index contributed by atoms with van der Waals surface area (Å²) in [6.45, 7) is 0. The number of hydrogen-bond acceptors (Lipinski definition) is 2. The highest BCUT2D eigenvalue weighted by Gasteiger charge is 2.45. The van der Waals surface area contributed by atoms with Crippen LogP contribution < -0.4 is 0 Å². The van der Waals surface area contributed by atoms with Crippen molar-refractivity contribution in [1.82, 2.24) is 4.90 Å². The molecule has 2 rings (SSSR count). The molecule has 1 aromatic carbocycles. The van der Waals surface area contributed by atoms with Gasteiger partial charge in [0.2, 0.25) is 0 Å². The molecule has 0 saturated heterocycles. The number of likely N-dealkylation sites (N-methyl/N-ethyl adjacent to an activating group) is 1. The van der Waals surface area contributed by atoms with Gasteiger partial charge in [-0.2, -0.15) is 0 Å². The summed E-state index contributed by atoms with van der Waals surface area (Å²) in [6, 6.07) is 3.66. The Kier molecular flexibility index (Phi) is 4.52.